The van der Waals surface area contributed by atoms with Crippen molar-refractivity contribution in [1.29, 1.82) is 0 Å². The Morgan fingerprint density at radius 1 is 0.378 bits per heavy atom. The number of phosphoric ester groups is 1. The maximum atomic E-state index is 12.9. The van der Waals surface area contributed by atoms with Gasteiger partial charge in [0.1, 0.15) is 12.7 Å². The fourth-order valence-electron chi connectivity index (χ4n) is 6.63. The summed E-state index contributed by atoms with van der Waals surface area (Å²) >= 11 is 0. The number of hydrogen-bond acceptors (Lipinski definition) is 10. The summed E-state index contributed by atoms with van der Waals surface area (Å²) in [6, 6.07) is 0. The number of aliphatic hydroxyl groups excluding tert-OH is 1. The molecule has 0 saturated carbocycles. The van der Waals surface area contributed by atoms with Gasteiger partial charge in [-0.1, -0.05) is 186 Å². The lowest BCUT2D eigenvalue weighted by atomic mass is 10.1. The summed E-state index contributed by atoms with van der Waals surface area (Å²) in [4.78, 5) is 48.5. The second kappa shape index (κ2) is 54.6. The summed E-state index contributed by atoms with van der Waals surface area (Å²) in [5, 5.41) is 9.79. The fraction of sp³-hybridized carbons (Fsp3) is 0.565. The van der Waals surface area contributed by atoms with Crippen LogP contribution in [0.2, 0.25) is 0 Å². The third-order valence-electron chi connectivity index (χ3n) is 10.7. The van der Waals surface area contributed by atoms with Gasteiger partial charge in [-0.3, -0.25) is 23.4 Å². The molecule has 2 N–H and O–H groups in total. The van der Waals surface area contributed by atoms with Gasteiger partial charge in [0.2, 0.25) is 0 Å². The van der Waals surface area contributed by atoms with Gasteiger partial charge < -0.3 is 24.2 Å². The third kappa shape index (κ3) is 52.2. The van der Waals surface area contributed by atoms with E-state index in [9.17, 15) is 28.9 Å². The van der Waals surface area contributed by atoms with Crippen LogP contribution >= 0.6 is 7.82 Å². The number of phosphoric acid groups is 1. The van der Waals surface area contributed by atoms with Crippen molar-refractivity contribution >= 4 is 25.7 Å². The molecule has 0 amide bonds. The topological polar surface area (TPSA) is 155 Å². The molecule has 416 valence electrons. The molecule has 0 aliphatic carbocycles. The molecule has 0 aliphatic heterocycles. The standard InChI is InChI=1S/C62H97O11P/c1-4-7-10-13-16-19-22-25-27-29-31-34-36-39-42-45-48-51-60(64)69-55-59(73-62(66)53-50-47-44-41-38-35-32-30-28-26-23-20-17-14-11-8-5-2)57-71-74(67,68)70-56-58(54-63)72-61(65)52-49-46-43-40-37-33-24-21-18-15-12-9-6-3/h7-12,16-21,25-28,31-35,37,39,42,58-59,63H,4-6,13-15,22-24,29-30,36,38,40-41,43-57H2,1-3H3,(H,67,68)/b10-7-,11-8-,12-9-,19-16-,20-17-,21-18-,27-25-,28-26-,34-31-,35-32-,37-33-,42-39-. The van der Waals surface area contributed by atoms with Crippen molar-refractivity contribution in [3.05, 3.63) is 146 Å². The molecule has 0 aromatic heterocycles. The highest BCUT2D eigenvalue weighted by molar-refractivity contribution is 7.47. The monoisotopic (exact) mass is 1050 g/mol. The molecular weight excluding hydrogens is 952 g/mol. The molecule has 0 heterocycles. The number of aliphatic hydroxyl groups is 1. The zero-order valence-electron chi connectivity index (χ0n) is 45.7. The average molecular weight is 1050 g/mol. The van der Waals surface area contributed by atoms with E-state index < -0.39 is 57.8 Å². The highest BCUT2D eigenvalue weighted by Gasteiger charge is 2.28. The molecule has 0 saturated heterocycles. The first-order valence-electron chi connectivity index (χ1n) is 27.7. The van der Waals surface area contributed by atoms with Gasteiger partial charge in [-0.25, -0.2) is 4.57 Å². The SMILES string of the molecule is CC/C=C\C/C=C\C/C=C\C/C=C\C/C=C\CCCC(=O)OCC(COP(=O)(O)OCC(CO)OC(=O)CCCCC/C=C\C/C=C\C/C=C\CC)OC(=O)CCCCCC/C=C\C/C=C\C/C=C\C/C=C\CC. The summed E-state index contributed by atoms with van der Waals surface area (Å²) in [7, 11) is -4.78. The number of rotatable bonds is 49. The van der Waals surface area contributed by atoms with Gasteiger partial charge in [-0.15, -0.1) is 0 Å². The molecule has 11 nitrogen and oxygen atoms in total. The van der Waals surface area contributed by atoms with Crippen LogP contribution in [-0.2, 0) is 42.2 Å². The van der Waals surface area contributed by atoms with Gasteiger partial charge in [0.05, 0.1) is 19.8 Å². The molecule has 0 aromatic carbocycles. The van der Waals surface area contributed by atoms with Gasteiger partial charge in [0, 0.05) is 19.3 Å². The average Bonchev–Trinajstić information content (AvgIpc) is 3.39. The van der Waals surface area contributed by atoms with Crippen molar-refractivity contribution in [1.82, 2.24) is 0 Å². The number of hydrogen-bond donors (Lipinski definition) is 2. The van der Waals surface area contributed by atoms with Crippen molar-refractivity contribution in [2.75, 3.05) is 26.4 Å². The van der Waals surface area contributed by atoms with Crippen LogP contribution in [0, 0.1) is 0 Å². The summed E-state index contributed by atoms with van der Waals surface area (Å²) in [6.45, 7) is 4.14. The molecule has 0 bridgehead atoms. The number of esters is 3. The zero-order valence-corrected chi connectivity index (χ0v) is 46.6. The Bertz CT molecular complexity index is 1800. The summed E-state index contributed by atoms with van der Waals surface area (Å²) in [5.41, 5.74) is 0. The Balaban J connectivity index is 4.92. The maximum absolute atomic E-state index is 12.9. The van der Waals surface area contributed by atoms with Crippen LogP contribution in [0.4, 0.5) is 0 Å². The van der Waals surface area contributed by atoms with E-state index in [1.165, 1.54) is 0 Å². The van der Waals surface area contributed by atoms with Crippen LogP contribution in [-0.4, -0.2) is 66.5 Å². The van der Waals surface area contributed by atoms with E-state index in [2.05, 4.69) is 161 Å². The molecule has 3 unspecified atom stereocenters. The minimum Gasteiger partial charge on any atom is -0.462 e. The predicted octanol–water partition coefficient (Wildman–Crippen LogP) is 16.4. The van der Waals surface area contributed by atoms with Gasteiger partial charge in [0.15, 0.2) is 6.10 Å². The Kier molecular flexibility index (Phi) is 51.2. The van der Waals surface area contributed by atoms with E-state index in [-0.39, 0.29) is 25.9 Å². The van der Waals surface area contributed by atoms with Gasteiger partial charge >= 0.3 is 25.7 Å². The first-order valence-corrected chi connectivity index (χ1v) is 29.2. The van der Waals surface area contributed by atoms with Gasteiger partial charge in [-0.2, -0.15) is 0 Å². The maximum Gasteiger partial charge on any atom is 0.472 e. The first kappa shape index (κ1) is 69.4. The fourth-order valence-corrected chi connectivity index (χ4v) is 7.41. The normalized spacial score (nSPS) is 14.5. The van der Waals surface area contributed by atoms with Crippen LogP contribution in [0.1, 0.15) is 188 Å². The minimum atomic E-state index is -4.78. The molecule has 0 fully saturated rings. The molecule has 0 spiro atoms. The van der Waals surface area contributed by atoms with Crippen molar-refractivity contribution in [3.8, 4) is 0 Å². The van der Waals surface area contributed by atoms with Crippen LogP contribution in [0.15, 0.2) is 146 Å². The quantitative estimate of drug-likeness (QED) is 0.0197. The number of unbranched alkanes of at least 4 members (excludes halogenated alkanes) is 8. The van der Waals surface area contributed by atoms with E-state index in [1.807, 2.05) is 6.08 Å². The second-order valence-electron chi connectivity index (χ2n) is 17.6. The largest absolute Gasteiger partial charge is 0.472 e. The van der Waals surface area contributed by atoms with Gasteiger partial charge in [0.25, 0.3) is 0 Å². The van der Waals surface area contributed by atoms with Gasteiger partial charge in [-0.05, 0) is 128 Å². The molecule has 0 aromatic rings. The molecule has 12 heteroatoms. The van der Waals surface area contributed by atoms with Crippen molar-refractivity contribution in [3.63, 3.8) is 0 Å². The summed E-state index contributed by atoms with van der Waals surface area (Å²) < 4.78 is 39.4. The lowest BCUT2D eigenvalue weighted by Crippen LogP contribution is -2.30. The van der Waals surface area contributed by atoms with Crippen molar-refractivity contribution in [2.45, 2.75) is 200 Å². The Morgan fingerprint density at radius 3 is 1.05 bits per heavy atom. The smallest absolute Gasteiger partial charge is 0.462 e. The number of allylic oxidation sites excluding steroid dienone is 24. The van der Waals surface area contributed by atoms with E-state index in [4.69, 9.17) is 23.3 Å². The second-order valence-corrected chi connectivity index (χ2v) is 19.1. The minimum absolute atomic E-state index is 0.116. The molecule has 0 aliphatic rings. The van der Waals surface area contributed by atoms with Crippen LogP contribution < -0.4 is 0 Å². The number of ether oxygens (including phenoxy) is 3. The number of carbonyl (C=O) groups excluding carboxylic acids is 3. The number of carbonyl (C=O) groups is 3. The summed E-state index contributed by atoms with van der Waals surface area (Å²) in [5.74, 6) is -1.62. The highest BCUT2D eigenvalue weighted by atomic mass is 31.2. The van der Waals surface area contributed by atoms with Crippen molar-refractivity contribution in [2.24, 2.45) is 0 Å². The van der Waals surface area contributed by atoms with Crippen LogP contribution in [0.5, 0.6) is 0 Å². The molecule has 3 atom stereocenters. The van der Waals surface area contributed by atoms with E-state index in [0.717, 1.165) is 122 Å². The first-order chi connectivity index (χ1) is 36.2. The Morgan fingerprint density at radius 2 is 0.676 bits per heavy atom. The van der Waals surface area contributed by atoms with E-state index >= 15 is 0 Å². The van der Waals surface area contributed by atoms with Crippen molar-refractivity contribution < 1.29 is 52.2 Å². The van der Waals surface area contributed by atoms with E-state index in [1.54, 1.807) is 0 Å². The zero-order chi connectivity index (χ0) is 54.1. The Labute approximate surface area is 448 Å². The van der Waals surface area contributed by atoms with Crippen LogP contribution in [0.25, 0.3) is 0 Å². The molecular formula is C62H97O11P. The molecule has 0 rings (SSSR count). The third-order valence-corrected chi connectivity index (χ3v) is 11.7. The lowest BCUT2D eigenvalue weighted by Gasteiger charge is -2.21. The molecule has 0 radical (unpaired) electrons. The highest BCUT2D eigenvalue weighted by Crippen LogP contribution is 2.43. The Hall–Kier alpha value is -4.64. The summed E-state index contributed by atoms with van der Waals surface area (Å²) in [6.07, 6.45) is 69.6. The van der Waals surface area contributed by atoms with E-state index in [0.29, 0.717) is 25.7 Å². The lowest BCUT2D eigenvalue weighted by molar-refractivity contribution is -0.161. The predicted molar refractivity (Wildman–Crippen MR) is 306 cm³/mol. The van der Waals surface area contributed by atoms with Crippen LogP contribution in [0.3, 0.4) is 0 Å². The molecule has 74 heavy (non-hydrogen) atoms.